The molecule has 3 rings (SSSR count). The van der Waals surface area contributed by atoms with Gasteiger partial charge in [0.2, 0.25) is 5.91 Å². The Kier molecular flexibility index (Phi) is 4.26. The molecule has 6 heteroatoms. The number of rotatable bonds is 3. The maximum absolute atomic E-state index is 12.4. The molecule has 1 spiro atoms. The predicted octanol–water partition coefficient (Wildman–Crippen LogP) is 0.427. The number of aliphatic hydroxyl groups excluding tert-OH is 1. The largest absolute Gasteiger partial charge is 0.392 e. The molecule has 20 heavy (non-hydrogen) atoms. The fourth-order valence-corrected chi connectivity index (χ4v) is 4.67. The smallest absolute Gasteiger partial charge is 0.240 e. The van der Waals surface area contributed by atoms with Crippen LogP contribution in [0.1, 0.15) is 26.2 Å². The van der Waals surface area contributed by atoms with E-state index in [1.54, 1.807) is 11.8 Å². The van der Waals surface area contributed by atoms with Crippen LogP contribution in [0, 0.1) is 5.41 Å². The van der Waals surface area contributed by atoms with Crippen molar-refractivity contribution >= 4 is 17.7 Å². The van der Waals surface area contributed by atoms with E-state index in [9.17, 15) is 9.90 Å². The van der Waals surface area contributed by atoms with E-state index in [0.29, 0.717) is 6.61 Å². The highest BCUT2D eigenvalue weighted by molar-refractivity contribution is 7.99. The van der Waals surface area contributed by atoms with E-state index in [-0.39, 0.29) is 29.6 Å². The number of aliphatic hydroxyl groups is 1. The van der Waals surface area contributed by atoms with Crippen LogP contribution in [0.2, 0.25) is 0 Å². The van der Waals surface area contributed by atoms with Gasteiger partial charge in [-0.25, -0.2) is 0 Å². The number of likely N-dealkylation sites (tertiary alicyclic amines) is 1. The summed E-state index contributed by atoms with van der Waals surface area (Å²) in [4.78, 5) is 14.3. The molecular weight excluding hydrogens is 276 g/mol. The molecule has 0 radical (unpaired) electrons. The number of nitrogens with one attached hydrogen (secondary N) is 1. The number of nitrogens with zero attached hydrogens (tertiary/aromatic N) is 1. The van der Waals surface area contributed by atoms with Gasteiger partial charge in [0.05, 0.1) is 18.2 Å². The van der Waals surface area contributed by atoms with E-state index in [1.807, 2.05) is 11.8 Å². The zero-order chi connectivity index (χ0) is 14.2. The Morgan fingerprint density at radius 2 is 2.25 bits per heavy atom. The summed E-state index contributed by atoms with van der Waals surface area (Å²) in [6, 6.07) is -0.0111. The quantitative estimate of drug-likeness (QED) is 0.791. The number of carbonyl (C=O) groups excluding carboxylic acids is 1. The molecule has 2 aliphatic heterocycles. The summed E-state index contributed by atoms with van der Waals surface area (Å²) in [6.45, 7) is 4.20. The minimum atomic E-state index is -0.253. The van der Waals surface area contributed by atoms with Gasteiger partial charge in [0.25, 0.3) is 0 Å². The number of hydrogen-bond donors (Lipinski definition) is 2. The zero-order valence-corrected chi connectivity index (χ0v) is 12.8. The van der Waals surface area contributed by atoms with Crippen molar-refractivity contribution in [2.45, 2.75) is 44.4 Å². The van der Waals surface area contributed by atoms with Gasteiger partial charge in [-0.15, -0.1) is 11.8 Å². The van der Waals surface area contributed by atoms with Crippen LogP contribution >= 0.6 is 11.8 Å². The number of ether oxygens (including phenoxy) is 1. The molecule has 0 bridgehead atoms. The van der Waals surface area contributed by atoms with E-state index in [1.165, 1.54) is 0 Å². The fourth-order valence-electron chi connectivity index (χ4n) is 3.73. The van der Waals surface area contributed by atoms with Crippen molar-refractivity contribution < 1.29 is 14.6 Å². The van der Waals surface area contributed by atoms with Crippen LogP contribution in [0.15, 0.2) is 0 Å². The average Bonchev–Trinajstić information content (AvgIpc) is 3.01. The maximum Gasteiger partial charge on any atom is 0.240 e. The summed E-state index contributed by atoms with van der Waals surface area (Å²) in [7, 11) is 0. The lowest BCUT2D eigenvalue weighted by molar-refractivity contribution is -0.210. The number of hydrogen-bond acceptors (Lipinski definition) is 5. The molecule has 3 fully saturated rings. The van der Waals surface area contributed by atoms with Crippen molar-refractivity contribution in [3.05, 3.63) is 0 Å². The minimum Gasteiger partial charge on any atom is -0.392 e. The molecule has 0 aromatic rings. The molecule has 2 saturated heterocycles. The van der Waals surface area contributed by atoms with Gasteiger partial charge in [-0.1, -0.05) is 0 Å². The van der Waals surface area contributed by atoms with Gasteiger partial charge in [0.15, 0.2) is 0 Å². The molecule has 1 amide bonds. The van der Waals surface area contributed by atoms with Gasteiger partial charge < -0.3 is 14.7 Å². The van der Waals surface area contributed by atoms with E-state index in [2.05, 4.69) is 5.32 Å². The van der Waals surface area contributed by atoms with Crippen LogP contribution < -0.4 is 5.32 Å². The highest BCUT2D eigenvalue weighted by Gasteiger charge is 2.56. The van der Waals surface area contributed by atoms with E-state index in [4.69, 9.17) is 4.74 Å². The average molecular weight is 300 g/mol. The first-order valence-electron chi connectivity index (χ1n) is 7.57. The maximum atomic E-state index is 12.4. The van der Waals surface area contributed by atoms with Crippen LogP contribution in [-0.4, -0.2) is 65.5 Å². The van der Waals surface area contributed by atoms with E-state index >= 15 is 0 Å². The first-order valence-corrected chi connectivity index (χ1v) is 8.72. The standard InChI is InChI=1S/C14H24N2O3S/c1-2-19-12-7-11(17)14(12)3-5-16(6-4-14)13(18)10-8-20-9-15-10/h10-12,15,17H,2-9H2,1H3/t10-,11-,12+/m0/s1. The molecule has 2 N–H and O–H groups in total. The fraction of sp³-hybridized carbons (Fsp3) is 0.929. The van der Waals surface area contributed by atoms with Gasteiger partial charge in [-0.3, -0.25) is 10.1 Å². The van der Waals surface area contributed by atoms with E-state index in [0.717, 1.165) is 44.0 Å². The molecule has 2 heterocycles. The summed E-state index contributed by atoms with van der Waals surface area (Å²) >= 11 is 1.78. The Hall–Kier alpha value is -0.300. The lowest BCUT2D eigenvalue weighted by Gasteiger charge is -2.56. The summed E-state index contributed by atoms with van der Waals surface area (Å²) in [5.41, 5.74) is -0.0926. The minimum absolute atomic E-state index is 0.0111. The monoisotopic (exact) mass is 300 g/mol. The SMILES string of the molecule is CCO[C@@H]1C[C@H](O)C12CCN(C(=O)[C@@H]1CSCN1)CC2. The summed E-state index contributed by atoms with van der Waals surface area (Å²) in [5.74, 6) is 1.98. The predicted molar refractivity (Wildman–Crippen MR) is 78.5 cm³/mol. The Morgan fingerprint density at radius 3 is 2.80 bits per heavy atom. The Balaban J connectivity index is 1.57. The van der Waals surface area contributed by atoms with Crippen LogP contribution in [0.25, 0.3) is 0 Å². The number of piperidine rings is 1. The van der Waals surface area contributed by atoms with Gasteiger partial charge in [-0.2, -0.15) is 0 Å². The third kappa shape index (κ3) is 2.36. The topological polar surface area (TPSA) is 61.8 Å². The van der Waals surface area contributed by atoms with Crippen molar-refractivity contribution in [1.29, 1.82) is 0 Å². The Bertz CT molecular complexity index is 363. The van der Waals surface area contributed by atoms with E-state index < -0.39 is 0 Å². The molecule has 1 saturated carbocycles. The lowest BCUT2D eigenvalue weighted by Crippen LogP contribution is -2.63. The molecule has 0 unspecified atom stereocenters. The molecule has 0 aromatic heterocycles. The lowest BCUT2D eigenvalue weighted by atomic mass is 9.58. The second-order valence-electron chi connectivity index (χ2n) is 6.03. The second kappa shape index (κ2) is 5.83. The first kappa shape index (κ1) is 14.6. The number of carbonyl (C=O) groups is 1. The van der Waals surface area contributed by atoms with Crippen LogP contribution in [0.5, 0.6) is 0 Å². The third-order valence-electron chi connectivity index (χ3n) is 5.13. The Morgan fingerprint density at radius 1 is 1.50 bits per heavy atom. The van der Waals surface area contributed by atoms with Crippen LogP contribution in [0.3, 0.4) is 0 Å². The van der Waals surface area contributed by atoms with Crippen LogP contribution in [0.4, 0.5) is 0 Å². The van der Waals surface area contributed by atoms with Gasteiger partial charge in [0, 0.05) is 43.2 Å². The molecule has 5 nitrogen and oxygen atoms in total. The molecular formula is C14H24N2O3S. The second-order valence-corrected chi connectivity index (χ2v) is 7.06. The van der Waals surface area contributed by atoms with Crippen LogP contribution in [-0.2, 0) is 9.53 Å². The van der Waals surface area contributed by atoms with Crippen molar-refractivity contribution in [1.82, 2.24) is 10.2 Å². The number of thioether (sulfide) groups is 1. The van der Waals surface area contributed by atoms with Crippen molar-refractivity contribution in [2.75, 3.05) is 31.3 Å². The summed E-state index contributed by atoms with van der Waals surface area (Å²) in [6.07, 6.45) is 2.41. The van der Waals surface area contributed by atoms with Gasteiger partial charge in [-0.05, 0) is 19.8 Å². The molecule has 3 aliphatic rings. The van der Waals surface area contributed by atoms with Crippen molar-refractivity contribution in [3.8, 4) is 0 Å². The van der Waals surface area contributed by atoms with Crippen molar-refractivity contribution in [3.63, 3.8) is 0 Å². The summed E-state index contributed by atoms with van der Waals surface area (Å²) in [5, 5.41) is 13.4. The Labute approximate surface area is 124 Å². The molecule has 114 valence electrons. The molecule has 3 atom stereocenters. The molecule has 0 aromatic carbocycles. The first-order chi connectivity index (χ1) is 9.67. The van der Waals surface area contributed by atoms with Crippen molar-refractivity contribution in [2.24, 2.45) is 5.41 Å². The zero-order valence-electron chi connectivity index (χ0n) is 12.0. The number of amides is 1. The van der Waals surface area contributed by atoms with Gasteiger partial charge in [0.1, 0.15) is 0 Å². The summed E-state index contributed by atoms with van der Waals surface area (Å²) < 4.78 is 5.76. The highest BCUT2D eigenvalue weighted by atomic mass is 32.2. The normalized spacial score (nSPS) is 36.1. The third-order valence-corrected chi connectivity index (χ3v) is 6.07. The highest BCUT2D eigenvalue weighted by Crippen LogP contribution is 2.50. The van der Waals surface area contributed by atoms with Gasteiger partial charge >= 0.3 is 0 Å². The molecule has 1 aliphatic carbocycles.